The Hall–Kier alpha value is -5.82. The average molecular weight is 759 g/mol. The van der Waals surface area contributed by atoms with Gasteiger partial charge in [-0.15, -0.1) is 0 Å². The smallest absolute Gasteiger partial charge is 0.475 e. The Morgan fingerprint density at radius 3 is 1.84 bits per heavy atom. The lowest BCUT2D eigenvalue weighted by Crippen LogP contribution is -2.57. The summed E-state index contributed by atoms with van der Waals surface area (Å²) in [7, 11) is 0. The van der Waals surface area contributed by atoms with Crippen LogP contribution in [0.4, 0.5) is 13.2 Å². The number of ketones is 1. The van der Waals surface area contributed by atoms with E-state index >= 15 is 0 Å². The summed E-state index contributed by atoms with van der Waals surface area (Å²) in [4.78, 5) is 64.7. The fraction of sp³-hybridized carbons (Fsp3) is 0.310. The molecule has 1 aliphatic rings. The van der Waals surface area contributed by atoms with Gasteiger partial charge in [-0.2, -0.15) is 13.2 Å². The number of hydrogen-bond acceptors (Lipinski definition) is 6. The lowest BCUT2D eigenvalue weighted by atomic mass is 9.91. The molecule has 0 bridgehead atoms. The molecule has 4 aromatic rings. The average Bonchev–Trinajstić information content (AvgIpc) is 3.20. The molecule has 5 rings (SSSR count). The summed E-state index contributed by atoms with van der Waals surface area (Å²) >= 11 is 0. The van der Waals surface area contributed by atoms with Gasteiger partial charge in [-0.25, -0.2) is 4.79 Å². The molecule has 4 aromatic carbocycles. The third-order valence-electron chi connectivity index (χ3n) is 9.24. The van der Waals surface area contributed by atoms with Crippen LogP contribution < -0.4 is 16.4 Å². The van der Waals surface area contributed by atoms with Crippen molar-refractivity contribution in [2.75, 3.05) is 13.1 Å². The van der Waals surface area contributed by atoms with Crippen LogP contribution in [-0.4, -0.2) is 70.8 Å². The van der Waals surface area contributed by atoms with Crippen molar-refractivity contribution in [1.29, 1.82) is 0 Å². The molecule has 0 spiro atoms. The SMILES string of the molecule is NCCCC[C@@H](NC(=O)[C@@H]1Cc2ccccc2CN1C(=O)CCC(=O)c1ccccc1)C(=O)NCC(c1ccccc1)c1ccccc1.O=C(O)C(F)(F)F. The summed E-state index contributed by atoms with van der Waals surface area (Å²) in [6, 6.07) is 35.1. The molecule has 0 saturated carbocycles. The Labute approximate surface area is 317 Å². The van der Waals surface area contributed by atoms with Crippen LogP contribution in [0.1, 0.15) is 70.6 Å². The quantitative estimate of drug-likeness (QED) is 0.0882. The van der Waals surface area contributed by atoms with E-state index in [0.29, 0.717) is 44.3 Å². The van der Waals surface area contributed by atoms with E-state index in [9.17, 15) is 32.3 Å². The van der Waals surface area contributed by atoms with E-state index in [0.717, 1.165) is 22.3 Å². The number of unbranched alkanes of at least 4 members (excludes halogenated alkanes) is 1. The number of nitrogens with zero attached hydrogens (tertiary/aromatic N) is 1. The molecule has 5 N–H and O–H groups in total. The highest BCUT2D eigenvalue weighted by atomic mass is 19.4. The van der Waals surface area contributed by atoms with Crippen molar-refractivity contribution >= 4 is 29.5 Å². The molecule has 55 heavy (non-hydrogen) atoms. The van der Waals surface area contributed by atoms with Gasteiger partial charge >= 0.3 is 12.1 Å². The Morgan fingerprint density at radius 2 is 1.29 bits per heavy atom. The highest BCUT2D eigenvalue weighted by Crippen LogP contribution is 2.26. The normalized spacial score (nSPS) is 14.1. The number of fused-ring (bicyclic) bond motifs is 1. The van der Waals surface area contributed by atoms with Crippen LogP contribution >= 0.6 is 0 Å². The minimum absolute atomic E-state index is 0.0134. The maximum Gasteiger partial charge on any atom is 0.490 e. The minimum atomic E-state index is -5.08. The number of benzene rings is 4. The van der Waals surface area contributed by atoms with Crippen LogP contribution in [0.2, 0.25) is 0 Å². The molecule has 3 amide bonds. The fourth-order valence-electron chi connectivity index (χ4n) is 6.31. The molecular weight excluding hydrogens is 713 g/mol. The van der Waals surface area contributed by atoms with Crippen LogP contribution in [0.25, 0.3) is 0 Å². The van der Waals surface area contributed by atoms with Gasteiger partial charge in [0.2, 0.25) is 17.7 Å². The van der Waals surface area contributed by atoms with Crippen LogP contribution in [0.3, 0.4) is 0 Å². The number of alkyl halides is 3. The van der Waals surface area contributed by atoms with E-state index in [1.807, 2.05) is 91.0 Å². The van der Waals surface area contributed by atoms with Gasteiger partial charge in [-0.3, -0.25) is 19.2 Å². The van der Waals surface area contributed by atoms with E-state index in [-0.39, 0.29) is 48.8 Å². The summed E-state index contributed by atoms with van der Waals surface area (Å²) < 4.78 is 31.7. The van der Waals surface area contributed by atoms with Crippen LogP contribution in [0.5, 0.6) is 0 Å². The fourth-order valence-corrected chi connectivity index (χ4v) is 6.31. The van der Waals surface area contributed by atoms with Crippen molar-refractivity contribution in [3.8, 4) is 0 Å². The molecule has 2 atom stereocenters. The summed E-state index contributed by atoms with van der Waals surface area (Å²) in [6.45, 7) is 1.09. The summed E-state index contributed by atoms with van der Waals surface area (Å²) in [6.07, 6.45) is -2.94. The number of nitrogens with one attached hydrogen (secondary N) is 2. The molecule has 1 aliphatic heterocycles. The van der Waals surface area contributed by atoms with E-state index < -0.39 is 24.2 Å². The number of carboxylic acid groups (broad SMARTS) is 1. The minimum Gasteiger partial charge on any atom is -0.475 e. The predicted octanol–water partition coefficient (Wildman–Crippen LogP) is 5.80. The standard InChI is InChI=1S/C40H44N4O4.C2HF3O2/c41-25-13-12-22-35(39(47)42-27-34(29-14-4-1-5-15-29)30-16-6-2-7-17-30)43-40(48)36-26-32-20-10-11-21-33(32)28-44(36)38(46)24-23-37(45)31-18-8-3-9-19-31;3-2(4,5)1(6)7/h1-11,14-21,34-36H,12-13,22-28,41H2,(H,42,47)(H,43,48);(H,6,7)/t35-,36+;/m1./s1. The Bertz CT molecular complexity index is 1840. The molecule has 0 radical (unpaired) electrons. The number of carbonyl (C=O) groups is 5. The molecule has 290 valence electrons. The van der Waals surface area contributed by atoms with E-state index in [1.165, 1.54) is 0 Å². The second kappa shape index (κ2) is 20.6. The third-order valence-corrected chi connectivity index (χ3v) is 9.24. The maximum absolute atomic E-state index is 14.0. The first kappa shape index (κ1) is 41.9. The van der Waals surface area contributed by atoms with Gasteiger partial charge in [0.1, 0.15) is 12.1 Å². The van der Waals surface area contributed by atoms with Crippen LogP contribution in [0, 0.1) is 0 Å². The second-order valence-electron chi connectivity index (χ2n) is 13.1. The van der Waals surface area contributed by atoms with Crippen molar-refractivity contribution in [3.05, 3.63) is 143 Å². The van der Waals surface area contributed by atoms with Gasteiger partial charge < -0.3 is 26.4 Å². The van der Waals surface area contributed by atoms with E-state index in [4.69, 9.17) is 15.6 Å². The van der Waals surface area contributed by atoms with Gasteiger partial charge in [0.05, 0.1) is 0 Å². The molecule has 10 nitrogen and oxygen atoms in total. The van der Waals surface area contributed by atoms with Crippen molar-refractivity contribution in [1.82, 2.24) is 15.5 Å². The van der Waals surface area contributed by atoms with Crippen LogP contribution in [0.15, 0.2) is 115 Å². The monoisotopic (exact) mass is 758 g/mol. The van der Waals surface area contributed by atoms with E-state index in [1.54, 1.807) is 29.2 Å². The largest absolute Gasteiger partial charge is 0.490 e. The highest BCUT2D eigenvalue weighted by Gasteiger charge is 2.38. The number of rotatable bonds is 15. The van der Waals surface area contributed by atoms with Gasteiger partial charge in [0, 0.05) is 43.8 Å². The van der Waals surface area contributed by atoms with Crippen molar-refractivity contribution < 1.29 is 42.3 Å². The summed E-state index contributed by atoms with van der Waals surface area (Å²) in [5, 5.41) is 13.2. The molecule has 0 aliphatic carbocycles. The predicted molar refractivity (Wildman–Crippen MR) is 201 cm³/mol. The number of carboxylic acids is 1. The summed E-state index contributed by atoms with van der Waals surface area (Å²) in [5.41, 5.74) is 10.4. The number of hydrogen-bond donors (Lipinski definition) is 4. The molecule has 1 heterocycles. The number of amides is 3. The van der Waals surface area contributed by atoms with Gasteiger partial charge in [0.25, 0.3) is 0 Å². The lowest BCUT2D eigenvalue weighted by Gasteiger charge is -2.37. The number of nitrogens with two attached hydrogens (primary N) is 1. The third kappa shape index (κ3) is 12.6. The van der Waals surface area contributed by atoms with Gasteiger partial charge in [0.15, 0.2) is 5.78 Å². The molecule has 0 fully saturated rings. The molecule has 0 saturated heterocycles. The summed E-state index contributed by atoms with van der Waals surface area (Å²) in [5.74, 6) is -3.89. The zero-order valence-corrected chi connectivity index (χ0v) is 30.2. The zero-order chi connectivity index (χ0) is 39.8. The lowest BCUT2D eigenvalue weighted by molar-refractivity contribution is -0.192. The zero-order valence-electron chi connectivity index (χ0n) is 30.2. The molecule has 0 unspecified atom stereocenters. The molecular formula is C42H45F3N4O6. The first-order valence-corrected chi connectivity index (χ1v) is 18.0. The van der Waals surface area contributed by atoms with Crippen LogP contribution in [-0.2, 0) is 32.1 Å². The first-order valence-electron chi connectivity index (χ1n) is 18.0. The maximum atomic E-state index is 14.0. The Kier molecular flexibility index (Phi) is 15.7. The first-order chi connectivity index (χ1) is 26.4. The Morgan fingerprint density at radius 1 is 0.764 bits per heavy atom. The topological polar surface area (TPSA) is 159 Å². The Balaban J connectivity index is 0.000000876. The van der Waals surface area contributed by atoms with Crippen molar-refractivity contribution in [2.45, 2.75) is 69.2 Å². The number of carbonyl (C=O) groups excluding carboxylic acids is 4. The van der Waals surface area contributed by atoms with E-state index in [2.05, 4.69) is 10.6 Å². The second-order valence-corrected chi connectivity index (χ2v) is 13.1. The molecule has 13 heteroatoms. The van der Waals surface area contributed by atoms with Gasteiger partial charge in [-0.05, 0) is 48.1 Å². The molecule has 0 aromatic heterocycles. The number of aliphatic carboxylic acids is 1. The highest BCUT2D eigenvalue weighted by molar-refractivity contribution is 5.98. The number of halogens is 3. The number of Topliss-reactive ketones (excluding diaryl/α,β-unsaturated/α-hetero) is 1. The van der Waals surface area contributed by atoms with Gasteiger partial charge in [-0.1, -0.05) is 115 Å². The van der Waals surface area contributed by atoms with Crippen molar-refractivity contribution in [2.24, 2.45) is 5.73 Å². The van der Waals surface area contributed by atoms with Crippen molar-refractivity contribution in [3.63, 3.8) is 0 Å².